The van der Waals surface area contributed by atoms with Crippen molar-refractivity contribution in [3.63, 3.8) is 0 Å². The van der Waals surface area contributed by atoms with Gasteiger partial charge in [-0.15, -0.1) is 0 Å². The first-order chi connectivity index (χ1) is 10.2. The van der Waals surface area contributed by atoms with Crippen LogP contribution in [0.5, 0.6) is 0 Å². The Bertz CT molecular complexity index is 503. The molecule has 1 aromatic rings. The van der Waals surface area contributed by atoms with E-state index in [9.17, 15) is 4.79 Å². The topological polar surface area (TPSA) is 55.6 Å². The van der Waals surface area contributed by atoms with E-state index in [4.69, 9.17) is 10.5 Å². The van der Waals surface area contributed by atoms with Gasteiger partial charge in [0, 0.05) is 24.2 Å². The molecule has 2 fully saturated rings. The summed E-state index contributed by atoms with van der Waals surface area (Å²) in [6.07, 6.45) is 5.89. The third kappa shape index (κ3) is 2.97. The van der Waals surface area contributed by atoms with E-state index in [1.165, 1.54) is 25.7 Å². The van der Waals surface area contributed by atoms with Crippen LogP contribution < -0.4 is 5.73 Å². The van der Waals surface area contributed by atoms with Gasteiger partial charge < -0.3 is 10.5 Å². The van der Waals surface area contributed by atoms with E-state index in [1.54, 1.807) is 0 Å². The van der Waals surface area contributed by atoms with E-state index in [0.29, 0.717) is 5.56 Å². The quantitative estimate of drug-likeness (QED) is 0.921. The van der Waals surface area contributed by atoms with E-state index < -0.39 is 0 Å². The Morgan fingerprint density at radius 2 is 1.86 bits per heavy atom. The lowest BCUT2D eigenvalue weighted by atomic mass is 9.85. The Balaban J connectivity index is 1.87. The standard InChI is InChI=1S/C17H24N2O2/c18-16(20)15-6-2-1-5-14(15)13-17(7-3-4-8-17)19-9-11-21-12-10-19/h1-2,5-6H,3-4,7-13H2,(H2,18,20). The first-order valence-corrected chi connectivity index (χ1v) is 7.92. The summed E-state index contributed by atoms with van der Waals surface area (Å²) in [6.45, 7) is 3.63. The molecule has 4 heteroatoms. The lowest BCUT2D eigenvalue weighted by molar-refractivity contribution is -0.0208. The molecule has 1 aliphatic heterocycles. The number of morpholine rings is 1. The van der Waals surface area contributed by atoms with Crippen LogP contribution in [-0.4, -0.2) is 42.6 Å². The molecule has 21 heavy (non-hydrogen) atoms. The number of ether oxygens (including phenoxy) is 1. The molecule has 0 spiro atoms. The molecule has 0 bridgehead atoms. The fourth-order valence-corrected chi connectivity index (χ4v) is 3.94. The SMILES string of the molecule is NC(=O)c1ccccc1CC1(N2CCOCC2)CCCC1. The third-order valence-electron chi connectivity index (χ3n) is 5.02. The van der Waals surface area contributed by atoms with Crippen LogP contribution in [0.4, 0.5) is 0 Å². The van der Waals surface area contributed by atoms with Gasteiger partial charge in [0.25, 0.3) is 0 Å². The van der Waals surface area contributed by atoms with Crippen molar-refractivity contribution < 1.29 is 9.53 Å². The molecule has 3 rings (SSSR count). The number of hydrogen-bond donors (Lipinski definition) is 1. The minimum atomic E-state index is -0.319. The number of nitrogens with zero attached hydrogens (tertiary/aromatic N) is 1. The van der Waals surface area contributed by atoms with E-state index in [0.717, 1.165) is 38.3 Å². The molecule has 1 amide bonds. The number of nitrogens with two attached hydrogens (primary N) is 1. The van der Waals surface area contributed by atoms with E-state index >= 15 is 0 Å². The van der Waals surface area contributed by atoms with E-state index in [1.807, 2.05) is 18.2 Å². The van der Waals surface area contributed by atoms with Crippen molar-refractivity contribution in [2.75, 3.05) is 26.3 Å². The summed E-state index contributed by atoms with van der Waals surface area (Å²) in [7, 11) is 0. The van der Waals surface area contributed by atoms with Crippen LogP contribution in [0, 0.1) is 0 Å². The smallest absolute Gasteiger partial charge is 0.248 e. The summed E-state index contributed by atoms with van der Waals surface area (Å²) in [5, 5.41) is 0. The van der Waals surface area contributed by atoms with Crippen molar-refractivity contribution in [2.24, 2.45) is 5.73 Å². The predicted octanol–water partition coefficient (Wildman–Crippen LogP) is 1.97. The van der Waals surface area contributed by atoms with Gasteiger partial charge in [-0.05, 0) is 30.9 Å². The molecule has 1 heterocycles. The van der Waals surface area contributed by atoms with Crippen molar-refractivity contribution in [1.29, 1.82) is 0 Å². The molecule has 1 aromatic carbocycles. The van der Waals surface area contributed by atoms with Crippen LogP contribution in [0.15, 0.2) is 24.3 Å². The molecule has 0 aromatic heterocycles. The molecule has 4 nitrogen and oxygen atoms in total. The summed E-state index contributed by atoms with van der Waals surface area (Å²) in [5.74, 6) is -0.319. The first kappa shape index (κ1) is 14.5. The van der Waals surface area contributed by atoms with Crippen LogP contribution in [0.1, 0.15) is 41.6 Å². The van der Waals surface area contributed by atoms with Gasteiger partial charge in [-0.3, -0.25) is 9.69 Å². The molecule has 2 N–H and O–H groups in total. The van der Waals surface area contributed by atoms with Gasteiger partial charge in [-0.25, -0.2) is 0 Å². The third-order valence-corrected chi connectivity index (χ3v) is 5.02. The lowest BCUT2D eigenvalue weighted by Gasteiger charge is -2.44. The monoisotopic (exact) mass is 288 g/mol. The van der Waals surface area contributed by atoms with Crippen LogP contribution in [0.2, 0.25) is 0 Å². The van der Waals surface area contributed by atoms with Crippen LogP contribution in [0.25, 0.3) is 0 Å². The van der Waals surface area contributed by atoms with Crippen molar-refractivity contribution in [3.05, 3.63) is 35.4 Å². The summed E-state index contributed by atoms with van der Waals surface area (Å²) in [4.78, 5) is 14.2. The van der Waals surface area contributed by atoms with Gasteiger partial charge in [0.15, 0.2) is 0 Å². The van der Waals surface area contributed by atoms with Crippen molar-refractivity contribution >= 4 is 5.91 Å². The Labute approximate surface area is 126 Å². The average molecular weight is 288 g/mol. The van der Waals surface area contributed by atoms with Gasteiger partial charge in [-0.1, -0.05) is 31.0 Å². The van der Waals surface area contributed by atoms with Gasteiger partial charge in [-0.2, -0.15) is 0 Å². The fourth-order valence-electron chi connectivity index (χ4n) is 3.94. The molecule has 1 saturated heterocycles. The zero-order valence-corrected chi connectivity index (χ0v) is 12.5. The van der Waals surface area contributed by atoms with Crippen LogP contribution in [0.3, 0.4) is 0 Å². The number of rotatable bonds is 4. The van der Waals surface area contributed by atoms with E-state index in [-0.39, 0.29) is 11.4 Å². The van der Waals surface area contributed by atoms with Crippen LogP contribution >= 0.6 is 0 Å². The molecule has 2 aliphatic rings. The maximum absolute atomic E-state index is 11.7. The normalized spacial score (nSPS) is 22.3. The number of benzene rings is 1. The fraction of sp³-hybridized carbons (Fsp3) is 0.588. The maximum atomic E-state index is 11.7. The highest BCUT2D eigenvalue weighted by Gasteiger charge is 2.40. The Kier molecular flexibility index (Phi) is 4.27. The lowest BCUT2D eigenvalue weighted by Crippen LogP contribution is -2.53. The molecule has 0 atom stereocenters. The average Bonchev–Trinajstić information content (AvgIpc) is 2.98. The number of carbonyl (C=O) groups excluding carboxylic acids is 1. The molecular weight excluding hydrogens is 264 g/mol. The summed E-state index contributed by atoms with van der Waals surface area (Å²) in [5.41, 5.74) is 7.50. The number of carbonyl (C=O) groups is 1. The van der Waals surface area contributed by atoms with Gasteiger partial charge in [0.05, 0.1) is 13.2 Å². The zero-order chi connectivity index (χ0) is 14.7. The molecule has 0 unspecified atom stereocenters. The predicted molar refractivity (Wildman–Crippen MR) is 82.3 cm³/mol. The molecule has 0 radical (unpaired) electrons. The van der Waals surface area contributed by atoms with Gasteiger partial charge in [0.2, 0.25) is 5.91 Å². The minimum absolute atomic E-state index is 0.190. The highest BCUT2D eigenvalue weighted by molar-refractivity contribution is 5.94. The van der Waals surface area contributed by atoms with Crippen molar-refractivity contribution in [3.8, 4) is 0 Å². The molecule has 1 aliphatic carbocycles. The Morgan fingerprint density at radius 1 is 1.19 bits per heavy atom. The maximum Gasteiger partial charge on any atom is 0.248 e. The second-order valence-electron chi connectivity index (χ2n) is 6.23. The highest BCUT2D eigenvalue weighted by atomic mass is 16.5. The second-order valence-corrected chi connectivity index (χ2v) is 6.23. The Morgan fingerprint density at radius 3 is 2.52 bits per heavy atom. The first-order valence-electron chi connectivity index (χ1n) is 7.92. The number of hydrogen-bond acceptors (Lipinski definition) is 3. The largest absolute Gasteiger partial charge is 0.379 e. The highest BCUT2D eigenvalue weighted by Crippen LogP contribution is 2.39. The van der Waals surface area contributed by atoms with Gasteiger partial charge >= 0.3 is 0 Å². The molecular formula is C17H24N2O2. The van der Waals surface area contributed by atoms with Crippen molar-refractivity contribution in [2.45, 2.75) is 37.6 Å². The zero-order valence-electron chi connectivity index (χ0n) is 12.5. The molecule has 114 valence electrons. The molecule has 1 saturated carbocycles. The van der Waals surface area contributed by atoms with Crippen molar-refractivity contribution in [1.82, 2.24) is 4.90 Å². The summed E-state index contributed by atoms with van der Waals surface area (Å²) in [6, 6.07) is 7.80. The number of amides is 1. The van der Waals surface area contributed by atoms with Gasteiger partial charge in [0.1, 0.15) is 0 Å². The Hall–Kier alpha value is -1.39. The summed E-state index contributed by atoms with van der Waals surface area (Å²) < 4.78 is 5.50. The summed E-state index contributed by atoms with van der Waals surface area (Å²) >= 11 is 0. The minimum Gasteiger partial charge on any atom is -0.379 e. The number of primary amides is 1. The van der Waals surface area contributed by atoms with Crippen LogP contribution in [-0.2, 0) is 11.2 Å². The second kappa shape index (κ2) is 6.16. The van der Waals surface area contributed by atoms with E-state index in [2.05, 4.69) is 11.0 Å².